The molecule has 1 heterocycles. The third-order valence-electron chi connectivity index (χ3n) is 6.80. The van der Waals surface area contributed by atoms with E-state index in [9.17, 15) is 9.59 Å². The van der Waals surface area contributed by atoms with Crippen molar-refractivity contribution in [1.29, 1.82) is 0 Å². The molecule has 0 saturated heterocycles. The van der Waals surface area contributed by atoms with Crippen LogP contribution in [-0.2, 0) is 9.47 Å². The number of rotatable bonds is 19. The van der Waals surface area contributed by atoms with Crippen LogP contribution in [-0.4, -0.2) is 36.9 Å². The van der Waals surface area contributed by atoms with Crippen LogP contribution in [0.5, 0.6) is 0 Å². The average molecular weight is 527 g/mol. The molecule has 37 heavy (non-hydrogen) atoms. The SMILES string of the molecule is C.CCCCC(CC)CO.CCCCC(CC)COC(=O)c1ccc(C(=O)OCC(CC)CCCC)o1. The van der Waals surface area contributed by atoms with Crippen molar-refractivity contribution in [2.24, 2.45) is 17.8 Å². The Kier molecular flexibility index (Phi) is 24.7. The molecule has 0 bridgehead atoms. The molecule has 6 nitrogen and oxygen atoms in total. The summed E-state index contributed by atoms with van der Waals surface area (Å²) in [6.07, 6.45) is 13.4. The van der Waals surface area contributed by atoms with Crippen molar-refractivity contribution in [3.8, 4) is 0 Å². The highest BCUT2D eigenvalue weighted by Crippen LogP contribution is 2.17. The number of aliphatic hydroxyl groups excluding tert-OH is 1. The first-order valence-electron chi connectivity index (χ1n) is 14.4. The predicted octanol–water partition coefficient (Wildman–Crippen LogP) is 8.86. The second kappa shape index (κ2) is 24.5. The van der Waals surface area contributed by atoms with Crippen molar-refractivity contribution in [3.05, 3.63) is 23.7 Å². The molecular formula is C31H58O6. The third-order valence-corrected chi connectivity index (χ3v) is 6.80. The number of carbonyl (C=O) groups excluding carboxylic acids is 2. The second-order valence-corrected chi connectivity index (χ2v) is 9.79. The molecule has 0 aromatic carbocycles. The Balaban J connectivity index is 0. The van der Waals surface area contributed by atoms with Crippen molar-refractivity contribution in [1.82, 2.24) is 0 Å². The van der Waals surface area contributed by atoms with Gasteiger partial charge in [-0.2, -0.15) is 0 Å². The summed E-state index contributed by atoms with van der Waals surface area (Å²) in [6.45, 7) is 13.9. The molecule has 0 aliphatic rings. The molecule has 6 heteroatoms. The Morgan fingerprint density at radius 3 is 1.35 bits per heavy atom. The maximum atomic E-state index is 12.1. The van der Waals surface area contributed by atoms with Crippen LogP contribution < -0.4 is 0 Å². The maximum Gasteiger partial charge on any atom is 0.374 e. The van der Waals surface area contributed by atoms with Gasteiger partial charge in [0.25, 0.3) is 0 Å². The number of esters is 2. The zero-order valence-electron chi connectivity index (χ0n) is 24.0. The van der Waals surface area contributed by atoms with Gasteiger partial charge in [-0.15, -0.1) is 0 Å². The van der Waals surface area contributed by atoms with Crippen LogP contribution in [0.1, 0.15) is 147 Å². The fourth-order valence-electron chi connectivity index (χ4n) is 3.80. The summed E-state index contributed by atoms with van der Waals surface area (Å²) in [4.78, 5) is 24.3. The number of unbranched alkanes of at least 4 members (excludes halogenated alkanes) is 3. The van der Waals surface area contributed by atoms with E-state index in [4.69, 9.17) is 19.0 Å². The molecule has 0 aliphatic carbocycles. The standard InChI is InChI=1S/C22H36O5.C8H18O.CH4/c1-5-9-11-17(7-3)15-25-21(23)19-13-14-20(27-19)22(24)26-16-18(8-4)12-10-6-2;1-3-5-6-8(4-2)7-9;/h13-14,17-18H,5-12,15-16H2,1-4H3;8-9H,3-7H2,1-2H3;1H4. The molecule has 1 N–H and O–H groups in total. The van der Waals surface area contributed by atoms with Gasteiger partial charge in [-0.3, -0.25) is 0 Å². The van der Waals surface area contributed by atoms with Gasteiger partial charge in [-0.05, 0) is 49.1 Å². The van der Waals surface area contributed by atoms with Gasteiger partial charge < -0.3 is 19.0 Å². The Morgan fingerprint density at radius 2 is 1.05 bits per heavy atom. The van der Waals surface area contributed by atoms with E-state index in [2.05, 4.69) is 41.5 Å². The van der Waals surface area contributed by atoms with E-state index in [1.54, 1.807) is 0 Å². The third kappa shape index (κ3) is 17.3. The lowest BCUT2D eigenvalue weighted by Crippen LogP contribution is -2.14. The lowest BCUT2D eigenvalue weighted by Gasteiger charge is -2.14. The lowest BCUT2D eigenvalue weighted by molar-refractivity contribution is 0.0357. The summed E-state index contributed by atoms with van der Waals surface area (Å²) in [5.41, 5.74) is 0. The summed E-state index contributed by atoms with van der Waals surface area (Å²) >= 11 is 0. The molecule has 0 spiro atoms. The van der Waals surface area contributed by atoms with Crippen LogP contribution in [0, 0.1) is 17.8 Å². The topological polar surface area (TPSA) is 86.0 Å². The van der Waals surface area contributed by atoms with Crippen LogP contribution in [0.2, 0.25) is 0 Å². The maximum absolute atomic E-state index is 12.1. The Morgan fingerprint density at radius 1 is 0.703 bits per heavy atom. The highest BCUT2D eigenvalue weighted by molar-refractivity contribution is 5.90. The zero-order valence-corrected chi connectivity index (χ0v) is 24.0. The fourth-order valence-corrected chi connectivity index (χ4v) is 3.80. The van der Waals surface area contributed by atoms with Gasteiger partial charge in [0.15, 0.2) is 0 Å². The Labute approximate surface area is 227 Å². The smallest absolute Gasteiger partial charge is 0.374 e. The van der Waals surface area contributed by atoms with Crippen molar-refractivity contribution < 1.29 is 28.6 Å². The number of furan rings is 1. The highest BCUT2D eigenvalue weighted by atomic mass is 16.6. The zero-order chi connectivity index (χ0) is 27.2. The van der Waals surface area contributed by atoms with E-state index < -0.39 is 11.9 Å². The molecule has 0 amide bonds. The molecule has 0 radical (unpaired) electrons. The number of hydrogen-bond acceptors (Lipinski definition) is 6. The van der Waals surface area contributed by atoms with Crippen LogP contribution in [0.4, 0.5) is 0 Å². The molecule has 0 aliphatic heterocycles. The Hall–Kier alpha value is -1.82. The van der Waals surface area contributed by atoms with E-state index in [1.165, 1.54) is 31.4 Å². The van der Waals surface area contributed by atoms with Gasteiger partial charge in [-0.1, -0.05) is 107 Å². The van der Waals surface area contributed by atoms with Crippen LogP contribution in [0.3, 0.4) is 0 Å². The quantitative estimate of drug-likeness (QED) is 0.181. The van der Waals surface area contributed by atoms with Gasteiger partial charge in [0, 0.05) is 6.61 Å². The van der Waals surface area contributed by atoms with Crippen molar-refractivity contribution in [3.63, 3.8) is 0 Å². The first-order chi connectivity index (χ1) is 17.4. The van der Waals surface area contributed by atoms with Crippen molar-refractivity contribution in [2.45, 2.75) is 126 Å². The normalized spacial score (nSPS) is 12.9. The van der Waals surface area contributed by atoms with Crippen LogP contribution in [0.25, 0.3) is 0 Å². The lowest BCUT2D eigenvalue weighted by atomic mass is 10.0. The second-order valence-electron chi connectivity index (χ2n) is 9.79. The van der Waals surface area contributed by atoms with Crippen molar-refractivity contribution in [2.75, 3.05) is 19.8 Å². The number of carbonyl (C=O) groups is 2. The van der Waals surface area contributed by atoms with E-state index in [0.29, 0.717) is 37.6 Å². The number of ether oxygens (including phenoxy) is 2. The monoisotopic (exact) mass is 526 g/mol. The van der Waals surface area contributed by atoms with Crippen LogP contribution >= 0.6 is 0 Å². The first kappa shape index (κ1) is 37.3. The summed E-state index contributed by atoms with van der Waals surface area (Å²) in [7, 11) is 0. The molecule has 0 saturated carbocycles. The molecule has 1 aromatic heterocycles. The first-order valence-corrected chi connectivity index (χ1v) is 14.4. The van der Waals surface area contributed by atoms with Gasteiger partial charge in [0.2, 0.25) is 11.5 Å². The number of hydrogen-bond donors (Lipinski definition) is 1. The van der Waals surface area contributed by atoms with E-state index >= 15 is 0 Å². The largest absolute Gasteiger partial charge is 0.460 e. The average Bonchev–Trinajstić information content (AvgIpc) is 3.40. The summed E-state index contributed by atoms with van der Waals surface area (Å²) in [5, 5.41) is 8.75. The van der Waals surface area contributed by atoms with Crippen molar-refractivity contribution >= 4 is 11.9 Å². The minimum absolute atomic E-state index is 0. The molecule has 1 rings (SSSR count). The highest BCUT2D eigenvalue weighted by Gasteiger charge is 2.20. The molecule has 1 aromatic rings. The predicted molar refractivity (Wildman–Crippen MR) is 153 cm³/mol. The summed E-state index contributed by atoms with van der Waals surface area (Å²) in [6, 6.07) is 2.95. The van der Waals surface area contributed by atoms with Gasteiger partial charge in [-0.25, -0.2) is 9.59 Å². The summed E-state index contributed by atoms with van der Waals surface area (Å²) < 4.78 is 16.0. The van der Waals surface area contributed by atoms with E-state index in [0.717, 1.165) is 57.8 Å². The van der Waals surface area contributed by atoms with Gasteiger partial charge in [0.1, 0.15) is 0 Å². The van der Waals surface area contributed by atoms with Gasteiger partial charge in [0.05, 0.1) is 13.2 Å². The van der Waals surface area contributed by atoms with Gasteiger partial charge >= 0.3 is 11.9 Å². The number of aliphatic hydroxyl groups is 1. The molecule has 0 fully saturated rings. The minimum Gasteiger partial charge on any atom is -0.460 e. The minimum atomic E-state index is -0.529. The summed E-state index contributed by atoms with van der Waals surface area (Å²) in [5.74, 6) is 0.321. The Bertz CT molecular complexity index is 618. The fraction of sp³-hybridized carbons (Fsp3) is 0.806. The molecular weight excluding hydrogens is 468 g/mol. The molecule has 3 unspecified atom stereocenters. The van der Waals surface area contributed by atoms with E-state index in [1.807, 2.05) is 0 Å². The molecule has 218 valence electrons. The van der Waals surface area contributed by atoms with Crippen LogP contribution in [0.15, 0.2) is 16.5 Å². The molecule has 3 atom stereocenters. The van der Waals surface area contributed by atoms with E-state index in [-0.39, 0.29) is 18.9 Å².